The number of alkyl halides is 6. The van der Waals surface area contributed by atoms with Gasteiger partial charge in [-0.05, 0) is 0 Å². The van der Waals surface area contributed by atoms with Gasteiger partial charge in [-0.3, -0.25) is 0 Å². The Kier molecular flexibility index (Phi) is 4.01. The minimum Gasteiger partial charge on any atom is -0.491 e. The number of methoxy groups -OCH3 is 1. The zero-order valence-electron chi connectivity index (χ0n) is 9.46. The molecule has 0 aromatic carbocycles. The van der Waals surface area contributed by atoms with E-state index in [2.05, 4.69) is 14.5 Å². The van der Waals surface area contributed by atoms with Crippen molar-refractivity contribution >= 4 is 5.97 Å². The van der Waals surface area contributed by atoms with Crippen molar-refractivity contribution in [2.75, 3.05) is 7.11 Å². The fourth-order valence-corrected chi connectivity index (χ4v) is 1.24. The Morgan fingerprint density at radius 3 is 2.10 bits per heavy atom. The highest BCUT2D eigenvalue weighted by molar-refractivity contribution is 5.91. The number of ether oxygens (including phenoxy) is 2. The monoisotopic (exact) mass is 305 g/mol. The van der Waals surface area contributed by atoms with Crippen LogP contribution in [0.2, 0.25) is 0 Å². The molecule has 1 rings (SSSR count). The summed E-state index contributed by atoms with van der Waals surface area (Å²) in [7, 11) is 0.626. The van der Waals surface area contributed by atoms with Crippen molar-refractivity contribution in [3.05, 3.63) is 17.5 Å². The van der Waals surface area contributed by atoms with Gasteiger partial charge in [0.05, 0.1) is 7.11 Å². The Hall–Kier alpha value is -2.20. The number of carboxylic acids is 1. The average Bonchev–Trinajstić information content (AvgIpc) is 2.24. The molecule has 0 fully saturated rings. The molecule has 1 aromatic heterocycles. The average molecular weight is 305 g/mol. The van der Waals surface area contributed by atoms with E-state index in [1.54, 1.807) is 0 Å². The van der Waals surface area contributed by atoms with Crippen LogP contribution in [0.1, 0.15) is 16.1 Å². The van der Waals surface area contributed by atoms with Crippen LogP contribution in [0.25, 0.3) is 0 Å². The van der Waals surface area contributed by atoms with E-state index in [4.69, 9.17) is 5.11 Å². The van der Waals surface area contributed by atoms with Gasteiger partial charge in [-0.2, -0.15) is 13.2 Å². The van der Waals surface area contributed by atoms with Crippen molar-refractivity contribution in [3.63, 3.8) is 0 Å². The second kappa shape index (κ2) is 5.06. The summed E-state index contributed by atoms with van der Waals surface area (Å²) in [5.74, 6) is -5.03. The second-order valence-corrected chi connectivity index (χ2v) is 3.23. The third-order valence-electron chi connectivity index (χ3n) is 1.91. The summed E-state index contributed by atoms with van der Waals surface area (Å²) in [6.07, 6.45) is -10.4. The summed E-state index contributed by atoms with van der Waals surface area (Å²) in [5, 5.41) is 8.65. The lowest BCUT2D eigenvalue weighted by molar-refractivity contribution is -0.275. The van der Waals surface area contributed by atoms with E-state index in [0.29, 0.717) is 7.11 Å². The van der Waals surface area contributed by atoms with Crippen LogP contribution in [0.4, 0.5) is 26.3 Å². The molecule has 0 aliphatic heterocycles. The van der Waals surface area contributed by atoms with Crippen LogP contribution in [0.3, 0.4) is 0 Å². The van der Waals surface area contributed by atoms with Gasteiger partial charge >= 0.3 is 18.5 Å². The molecule has 0 spiro atoms. The van der Waals surface area contributed by atoms with Gasteiger partial charge in [0.1, 0.15) is 5.56 Å². The van der Waals surface area contributed by atoms with Crippen molar-refractivity contribution in [2.45, 2.75) is 12.5 Å². The predicted molar refractivity (Wildman–Crippen MR) is 49.4 cm³/mol. The Bertz CT molecular complexity index is 524. The van der Waals surface area contributed by atoms with Crippen LogP contribution in [0, 0.1) is 0 Å². The molecule has 1 heterocycles. The number of pyridine rings is 1. The summed E-state index contributed by atoms with van der Waals surface area (Å²) in [4.78, 5) is 13.5. The number of aromatic carboxylic acids is 1. The van der Waals surface area contributed by atoms with E-state index in [1.165, 1.54) is 0 Å². The Morgan fingerprint density at radius 1 is 1.20 bits per heavy atom. The first kappa shape index (κ1) is 15.9. The summed E-state index contributed by atoms with van der Waals surface area (Å²) in [5.41, 5.74) is -3.04. The molecule has 0 saturated heterocycles. The molecule has 0 radical (unpaired) electrons. The maximum Gasteiger partial charge on any atom is 0.573 e. The molecule has 0 aliphatic rings. The maximum absolute atomic E-state index is 12.6. The fraction of sp³-hybridized carbons (Fsp3) is 0.333. The molecule has 112 valence electrons. The topological polar surface area (TPSA) is 68.7 Å². The molecule has 0 atom stereocenters. The summed E-state index contributed by atoms with van der Waals surface area (Å²) in [6.45, 7) is 0. The third-order valence-corrected chi connectivity index (χ3v) is 1.91. The molecule has 11 heteroatoms. The summed E-state index contributed by atoms with van der Waals surface area (Å²) in [6, 6.07) is 0. The van der Waals surface area contributed by atoms with Gasteiger partial charge < -0.3 is 14.6 Å². The maximum atomic E-state index is 12.6. The standard InChI is InChI=1S/C9H5F6NO4/c1-19-5-4(20-9(13,14)15)3(7(17)18)2-16-6(5)8(10,11)12/h2H,1H3,(H,17,18). The number of hydrogen-bond acceptors (Lipinski definition) is 4. The fourth-order valence-electron chi connectivity index (χ4n) is 1.24. The Labute approximate surface area is 106 Å². The highest BCUT2D eigenvalue weighted by Crippen LogP contribution is 2.43. The SMILES string of the molecule is COc1c(C(F)(F)F)ncc(C(=O)O)c1OC(F)(F)F. The first-order valence-corrected chi connectivity index (χ1v) is 4.60. The predicted octanol–water partition coefficient (Wildman–Crippen LogP) is 2.71. The van der Waals surface area contributed by atoms with E-state index in [0.717, 1.165) is 0 Å². The molecule has 0 unspecified atom stereocenters. The van der Waals surface area contributed by atoms with Crippen molar-refractivity contribution in [1.29, 1.82) is 0 Å². The van der Waals surface area contributed by atoms with Crippen LogP contribution in [-0.2, 0) is 6.18 Å². The zero-order chi connectivity index (χ0) is 15.7. The van der Waals surface area contributed by atoms with Crippen LogP contribution in [0.5, 0.6) is 11.5 Å². The van der Waals surface area contributed by atoms with E-state index in [9.17, 15) is 31.1 Å². The highest BCUT2D eigenvalue weighted by atomic mass is 19.4. The minimum absolute atomic E-state index is 0.106. The molecule has 1 N–H and O–H groups in total. The Balaban J connectivity index is 3.59. The first-order chi connectivity index (χ1) is 8.97. The Morgan fingerprint density at radius 2 is 1.75 bits per heavy atom. The lowest BCUT2D eigenvalue weighted by atomic mass is 10.2. The van der Waals surface area contributed by atoms with Gasteiger partial charge in [0, 0.05) is 6.20 Å². The van der Waals surface area contributed by atoms with Crippen LogP contribution in [0.15, 0.2) is 6.20 Å². The lowest BCUT2D eigenvalue weighted by Gasteiger charge is -2.17. The number of halogens is 6. The van der Waals surface area contributed by atoms with Gasteiger partial charge in [0.25, 0.3) is 0 Å². The van der Waals surface area contributed by atoms with Crippen molar-refractivity contribution < 1.29 is 45.7 Å². The van der Waals surface area contributed by atoms with Crippen molar-refractivity contribution in [3.8, 4) is 11.5 Å². The minimum atomic E-state index is -5.40. The molecule has 5 nitrogen and oxygen atoms in total. The molecular formula is C9H5F6NO4. The second-order valence-electron chi connectivity index (χ2n) is 3.23. The van der Waals surface area contributed by atoms with Gasteiger partial charge in [-0.15, -0.1) is 13.2 Å². The number of carboxylic acid groups (broad SMARTS) is 1. The van der Waals surface area contributed by atoms with Gasteiger partial charge in [-0.25, -0.2) is 9.78 Å². The quantitative estimate of drug-likeness (QED) is 0.870. The summed E-state index contributed by atoms with van der Waals surface area (Å²) < 4.78 is 81.6. The number of carbonyl (C=O) groups is 1. The number of rotatable bonds is 3. The van der Waals surface area contributed by atoms with Crippen LogP contribution < -0.4 is 9.47 Å². The zero-order valence-corrected chi connectivity index (χ0v) is 9.46. The molecule has 1 aromatic rings. The molecule has 0 aliphatic carbocycles. The van der Waals surface area contributed by atoms with Gasteiger partial charge in [0.15, 0.2) is 17.2 Å². The lowest BCUT2D eigenvalue weighted by Crippen LogP contribution is -2.21. The number of nitrogens with zero attached hydrogens (tertiary/aromatic N) is 1. The van der Waals surface area contributed by atoms with Gasteiger partial charge in [0.2, 0.25) is 0 Å². The smallest absolute Gasteiger partial charge is 0.491 e. The number of hydrogen-bond donors (Lipinski definition) is 1. The largest absolute Gasteiger partial charge is 0.573 e. The third kappa shape index (κ3) is 3.42. The normalized spacial score (nSPS) is 12.2. The van der Waals surface area contributed by atoms with Crippen molar-refractivity contribution in [2.24, 2.45) is 0 Å². The van der Waals surface area contributed by atoms with Gasteiger partial charge in [-0.1, -0.05) is 0 Å². The number of aromatic nitrogens is 1. The molecule has 0 amide bonds. The van der Waals surface area contributed by atoms with E-state index < -0.39 is 41.3 Å². The molecular weight excluding hydrogens is 300 g/mol. The highest BCUT2D eigenvalue weighted by Gasteiger charge is 2.42. The van der Waals surface area contributed by atoms with E-state index in [-0.39, 0.29) is 6.20 Å². The molecule has 20 heavy (non-hydrogen) atoms. The van der Waals surface area contributed by atoms with E-state index >= 15 is 0 Å². The first-order valence-electron chi connectivity index (χ1n) is 4.60. The van der Waals surface area contributed by atoms with Crippen LogP contribution >= 0.6 is 0 Å². The van der Waals surface area contributed by atoms with Crippen LogP contribution in [-0.4, -0.2) is 29.5 Å². The van der Waals surface area contributed by atoms with E-state index in [1.807, 2.05) is 0 Å². The molecule has 0 saturated carbocycles. The summed E-state index contributed by atoms with van der Waals surface area (Å²) >= 11 is 0. The van der Waals surface area contributed by atoms with Crippen molar-refractivity contribution in [1.82, 2.24) is 4.98 Å². The molecule has 0 bridgehead atoms.